The van der Waals surface area contributed by atoms with Crippen LogP contribution in [0.1, 0.15) is 6.42 Å². The third-order valence-electron chi connectivity index (χ3n) is 2.03. The predicted molar refractivity (Wildman–Crippen MR) is 46.7 cm³/mol. The molecule has 1 aliphatic rings. The molecule has 1 fully saturated rings. The van der Waals surface area contributed by atoms with Gasteiger partial charge in [-0.25, -0.2) is 0 Å². The standard InChI is InChI=1S/C7H15NO2S/c1-10-6-3-5(4-9)8-7(6)11-2/h5-9H,3-4H2,1-2H3. The molecule has 1 aliphatic heterocycles. The molecule has 1 heterocycles. The van der Waals surface area contributed by atoms with Gasteiger partial charge in [-0.2, -0.15) is 0 Å². The lowest BCUT2D eigenvalue weighted by Crippen LogP contribution is -2.32. The van der Waals surface area contributed by atoms with E-state index in [0.29, 0.717) is 5.37 Å². The van der Waals surface area contributed by atoms with Gasteiger partial charge in [0.25, 0.3) is 0 Å². The fraction of sp³-hybridized carbons (Fsp3) is 1.00. The summed E-state index contributed by atoms with van der Waals surface area (Å²) in [6.07, 6.45) is 3.21. The van der Waals surface area contributed by atoms with E-state index >= 15 is 0 Å². The molecule has 0 aromatic heterocycles. The van der Waals surface area contributed by atoms with Gasteiger partial charge in [0.05, 0.1) is 18.1 Å². The number of hydrogen-bond donors (Lipinski definition) is 2. The van der Waals surface area contributed by atoms with Crippen molar-refractivity contribution in [3.05, 3.63) is 0 Å². The molecule has 11 heavy (non-hydrogen) atoms. The lowest BCUT2D eigenvalue weighted by Gasteiger charge is -2.14. The van der Waals surface area contributed by atoms with Crippen molar-refractivity contribution in [1.82, 2.24) is 5.32 Å². The molecule has 2 N–H and O–H groups in total. The molecule has 0 bridgehead atoms. The van der Waals surface area contributed by atoms with Gasteiger partial charge >= 0.3 is 0 Å². The zero-order chi connectivity index (χ0) is 8.27. The zero-order valence-corrected chi connectivity index (χ0v) is 7.73. The van der Waals surface area contributed by atoms with E-state index in [1.165, 1.54) is 0 Å². The molecule has 4 heteroatoms. The number of nitrogens with one attached hydrogen (secondary N) is 1. The van der Waals surface area contributed by atoms with Crippen LogP contribution in [-0.2, 0) is 4.74 Å². The Hall–Kier alpha value is 0.230. The number of aliphatic hydroxyl groups is 1. The molecule has 0 aromatic carbocycles. The van der Waals surface area contributed by atoms with Gasteiger partial charge in [-0.15, -0.1) is 11.8 Å². The minimum absolute atomic E-state index is 0.205. The van der Waals surface area contributed by atoms with Gasteiger partial charge in [0.1, 0.15) is 0 Å². The van der Waals surface area contributed by atoms with E-state index in [9.17, 15) is 0 Å². The van der Waals surface area contributed by atoms with Crippen molar-refractivity contribution in [3.8, 4) is 0 Å². The van der Waals surface area contributed by atoms with Gasteiger partial charge in [0.15, 0.2) is 0 Å². The van der Waals surface area contributed by atoms with Gasteiger partial charge < -0.3 is 9.84 Å². The van der Waals surface area contributed by atoms with Crippen LogP contribution in [0.5, 0.6) is 0 Å². The zero-order valence-electron chi connectivity index (χ0n) is 6.91. The van der Waals surface area contributed by atoms with Crippen LogP contribution in [0, 0.1) is 0 Å². The highest BCUT2D eigenvalue weighted by molar-refractivity contribution is 7.99. The Morgan fingerprint density at radius 1 is 1.73 bits per heavy atom. The van der Waals surface area contributed by atoms with E-state index in [2.05, 4.69) is 5.32 Å². The SMILES string of the molecule is COC1CC(CO)NC1SC. The quantitative estimate of drug-likeness (QED) is 0.639. The average molecular weight is 177 g/mol. The molecular weight excluding hydrogens is 162 g/mol. The van der Waals surface area contributed by atoms with Gasteiger partial charge in [-0.05, 0) is 12.7 Å². The summed E-state index contributed by atoms with van der Waals surface area (Å²) in [6.45, 7) is 0.205. The molecule has 0 radical (unpaired) electrons. The van der Waals surface area contributed by atoms with E-state index in [1.807, 2.05) is 6.26 Å². The minimum Gasteiger partial charge on any atom is -0.395 e. The van der Waals surface area contributed by atoms with Crippen molar-refractivity contribution in [3.63, 3.8) is 0 Å². The molecule has 3 nitrogen and oxygen atoms in total. The molecule has 1 saturated heterocycles. The van der Waals surface area contributed by atoms with Crippen molar-refractivity contribution in [1.29, 1.82) is 0 Å². The van der Waals surface area contributed by atoms with Crippen molar-refractivity contribution in [2.75, 3.05) is 20.0 Å². The highest BCUT2D eigenvalue weighted by atomic mass is 32.2. The lowest BCUT2D eigenvalue weighted by molar-refractivity contribution is 0.108. The molecule has 0 amide bonds. The Balaban J connectivity index is 2.41. The first kappa shape index (κ1) is 9.32. The normalized spacial score (nSPS) is 37.9. The molecular formula is C7H15NO2S. The van der Waals surface area contributed by atoms with Gasteiger partial charge in [-0.1, -0.05) is 0 Å². The molecule has 3 atom stereocenters. The number of hydrogen-bond acceptors (Lipinski definition) is 4. The predicted octanol–water partition coefficient (Wildman–Crippen LogP) is 0.0447. The Morgan fingerprint density at radius 2 is 2.45 bits per heavy atom. The Labute approximate surface area is 71.5 Å². The summed E-state index contributed by atoms with van der Waals surface area (Å²) in [5, 5.41) is 12.5. The molecule has 3 unspecified atom stereocenters. The number of aliphatic hydroxyl groups excluding tert-OH is 1. The Kier molecular flexibility index (Phi) is 3.65. The van der Waals surface area contributed by atoms with Crippen LogP contribution in [0.15, 0.2) is 0 Å². The minimum atomic E-state index is 0.205. The number of methoxy groups -OCH3 is 1. The van der Waals surface area contributed by atoms with Crippen molar-refractivity contribution < 1.29 is 9.84 Å². The number of thioether (sulfide) groups is 1. The third-order valence-corrected chi connectivity index (χ3v) is 2.98. The highest BCUT2D eigenvalue weighted by Gasteiger charge is 2.32. The smallest absolute Gasteiger partial charge is 0.0833 e. The van der Waals surface area contributed by atoms with Crippen molar-refractivity contribution in [2.24, 2.45) is 0 Å². The summed E-state index contributed by atoms with van der Waals surface area (Å²) in [7, 11) is 1.72. The summed E-state index contributed by atoms with van der Waals surface area (Å²) in [6, 6.07) is 0.220. The second-order valence-corrected chi connectivity index (χ2v) is 3.69. The van der Waals surface area contributed by atoms with Crippen LogP contribution in [0.3, 0.4) is 0 Å². The maximum atomic E-state index is 8.87. The van der Waals surface area contributed by atoms with E-state index in [-0.39, 0.29) is 18.8 Å². The fourth-order valence-corrected chi connectivity index (χ4v) is 2.23. The van der Waals surface area contributed by atoms with E-state index in [1.54, 1.807) is 18.9 Å². The van der Waals surface area contributed by atoms with Crippen molar-refractivity contribution >= 4 is 11.8 Å². The van der Waals surface area contributed by atoms with Gasteiger partial charge in [-0.3, -0.25) is 5.32 Å². The van der Waals surface area contributed by atoms with Crippen LogP contribution in [0.4, 0.5) is 0 Å². The van der Waals surface area contributed by atoms with E-state index in [4.69, 9.17) is 9.84 Å². The van der Waals surface area contributed by atoms with E-state index in [0.717, 1.165) is 6.42 Å². The fourth-order valence-electron chi connectivity index (χ4n) is 1.38. The third kappa shape index (κ3) is 2.08. The molecule has 0 spiro atoms. The topological polar surface area (TPSA) is 41.5 Å². The van der Waals surface area contributed by atoms with Crippen LogP contribution in [0.2, 0.25) is 0 Å². The summed E-state index contributed by atoms with van der Waals surface area (Å²) in [5.74, 6) is 0. The highest BCUT2D eigenvalue weighted by Crippen LogP contribution is 2.22. The summed E-state index contributed by atoms with van der Waals surface area (Å²) in [5.41, 5.74) is 0. The first-order chi connectivity index (χ1) is 5.31. The van der Waals surface area contributed by atoms with Crippen LogP contribution in [0.25, 0.3) is 0 Å². The molecule has 1 rings (SSSR count). The lowest BCUT2D eigenvalue weighted by atomic mass is 10.2. The Morgan fingerprint density at radius 3 is 2.82 bits per heavy atom. The molecule has 66 valence electrons. The van der Waals surface area contributed by atoms with E-state index < -0.39 is 0 Å². The second kappa shape index (κ2) is 4.30. The summed E-state index contributed by atoms with van der Waals surface area (Å²) < 4.78 is 5.25. The maximum Gasteiger partial charge on any atom is 0.0833 e. The molecule has 0 saturated carbocycles. The molecule has 0 aliphatic carbocycles. The van der Waals surface area contributed by atoms with Gasteiger partial charge in [0, 0.05) is 13.2 Å². The van der Waals surface area contributed by atoms with Crippen LogP contribution >= 0.6 is 11.8 Å². The first-order valence-corrected chi connectivity index (χ1v) is 5.03. The Bertz CT molecular complexity index is 111. The first-order valence-electron chi connectivity index (χ1n) is 3.74. The molecule has 0 aromatic rings. The van der Waals surface area contributed by atoms with Crippen molar-refractivity contribution in [2.45, 2.75) is 23.9 Å². The largest absolute Gasteiger partial charge is 0.395 e. The summed E-state index contributed by atoms with van der Waals surface area (Å²) >= 11 is 1.74. The second-order valence-electron chi connectivity index (χ2n) is 2.71. The van der Waals surface area contributed by atoms with Crippen LogP contribution < -0.4 is 5.32 Å². The number of ether oxygens (including phenoxy) is 1. The van der Waals surface area contributed by atoms with Gasteiger partial charge in [0.2, 0.25) is 0 Å². The summed E-state index contributed by atoms with van der Waals surface area (Å²) in [4.78, 5) is 0. The van der Waals surface area contributed by atoms with Crippen LogP contribution in [-0.4, -0.2) is 42.6 Å². The average Bonchev–Trinajstić information content (AvgIpc) is 2.46. The number of rotatable bonds is 3. The maximum absolute atomic E-state index is 8.87. The monoisotopic (exact) mass is 177 g/mol.